The van der Waals surface area contributed by atoms with E-state index in [1.807, 2.05) is 38.2 Å². The van der Waals surface area contributed by atoms with E-state index in [4.69, 9.17) is 4.42 Å². The standard InChI is InChI=1S/C16H18N2O2/c1-11-14(6-8-20-11)10-18(2)16(19)13-4-3-12-5-7-17-15(12)9-13/h3-4,6,8-9,17H,5,7,10H2,1-2H3. The molecule has 0 radical (unpaired) electrons. The number of anilines is 1. The predicted molar refractivity (Wildman–Crippen MR) is 77.9 cm³/mol. The van der Waals surface area contributed by atoms with Crippen LogP contribution in [0.25, 0.3) is 0 Å². The zero-order chi connectivity index (χ0) is 14.1. The van der Waals surface area contributed by atoms with E-state index in [-0.39, 0.29) is 5.91 Å². The molecule has 1 aromatic carbocycles. The summed E-state index contributed by atoms with van der Waals surface area (Å²) in [5, 5.41) is 3.30. The van der Waals surface area contributed by atoms with Crippen LogP contribution in [0.2, 0.25) is 0 Å². The largest absolute Gasteiger partial charge is 0.469 e. The Labute approximate surface area is 118 Å². The molecule has 0 spiro atoms. The number of amides is 1. The summed E-state index contributed by atoms with van der Waals surface area (Å²) in [4.78, 5) is 14.2. The van der Waals surface area contributed by atoms with Crippen molar-refractivity contribution < 1.29 is 9.21 Å². The Kier molecular flexibility index (Phi) is 3.22. The van der Waals surface area contributed by atoms with E-state index in [1.54, 1.807) is 11.2 Å². The van der Waals surface area contributed by atoms with Crippen molar-refractivity contribution in [3.63, 3.8) is 0 Å². The van der Waals surface area contributed by atoms with Gasteiger partial charge >= 0.3 is 0 Å². The number of fused-ring (bicyclic) bond motifs is 1. The number of carbonyl (C=O) groups excluding carboxylic acids is 1. The molecule has 0 atom stereocenters. The Morgan fingerprint density at radius 2 is 2.25 bits per heavy atom. The number of carbonyl (C=O) groups is 1. The maximum Gasteiger partial charge on any atom is 0.253 e. The highest BCUT2D eigenvalue weighted by Gasteiger charge is 2.17. The van der Waals surface area contributed by atoms with Crippen LogP contribution >= 0.6 is 0 Å². The van der Waals surface area contributed by atoms with Gasteiger partial charge in [-0.3, -0.25) is 4.79 Å². The number of furan rings is 1. The fourth-order valence-corrected chi connectivity index (χ4v) is 2.55. The average Bonchev–Trinajstić information content (AvgIpc) is 3.06. The Hall–Kier alpha value is -2.23. The molecule has 0 unspecified atom stereocenters. The summed E-state index contributed by atoms with van der Waals surface area (Å²) in [6.07, 6.45) is 2.69. The van der Waals surface area contributed by atoms with Crippen LogP contribution in [0.4, 0.5) is 5.69 Å². The molecule has 0 aliphatic carbocycles. The van der Waals surface area contributed by atoms with Crippen LogP contribution in [-0.4, -0.2) is 24.4 Å². The lowest BCUT2D eigenvalue weighted by atomic mass is 10.1. The van der Waals surface area contributed by atoms with Crippen molar-refractivity contribution in [2.45, 2.75) is 19.9 Å². The van der Waals surface area contributed by atoms with Crippen molar-refractivity contribution in [2.24, 2.45) is 0 Å². The van der Waals surface area contributed by atoms with Crippen molar-refractivity contribution in [3.05, 3.63) is 53.0 Å². The molecule has 2 aromatic rings. The molecule has 1 aromatic heterocycles. The number of benzene rings is 1. The smallest absolute Gasteiger partial charge is 0.253 e. The number of aryl methyl sites for hydroxylation is 1. The molecular formula is C16H18N2O2. The van der Waals surface area contributed by atoms with Gasteiger partial charge in [0.15, 0.2) is 0 Å². The molecule has 0 fully saturated rings. The van der Waals surface area contributed by atoms with Crippen molar-refractivity contribution in [2.75, 3.05) is 18.9 Å². The molecule has 1 aliphatic rings. The van der Waals surface area contributed by atoms with Gasteiger partial charge < -0.3 is 14.6 Å². The summed E-state index contributed by atoms with van der Waals surface area (Å²) < 4.78 is 5.26. The molecule has 1 amide bonds. The quantitative estimate of drug-likeness (QED) is 0.932. The zero-order valence-corrected chi connectivity index (χ0v) is 11.8. The van der Waals surface area contributed by atoms with Gasteiger partial charge in [0.25, 0.3) is 5.91 Å². The minimum Gasteiger partial charge on any atom is -0.469 e. The minimum absolute atomic E-state index is 0.0297. The van der Waals surface area contributed by atoms with E-state index in [0.29, 0.717) is 6.54 Å². The minimum atomic E-state index is 0.0297. The first-order valence-electron chi connectivity index (χ1n) is 6.80. The second kappa shape index (κ2) is 5.04. The Morgan fingerprint density at radius 3 is 3.00 bits per heavy atom. The van der Waals surface area contributed by atoms with Crippen LogP contribution in [-0.2, 0) is 13.0 Å². The fraction of sp³-hybridized carbons (Fsp3) is 0.312. The van der Waals surface area contributed by atoms with Crippen LogP contribution in [0.5, 0.6) is 0 Å². The number of nitrogens with one attached hydrogen (secondary N) is 1. The summed E-state index contributed by atoms with van der Waals surface area (Å²) in [6, 6.07) is 7.80. The summed E-state index contributed by atoms with van der Waals surface area (Å²) in [7, 11) is 1.81. The zero-order valence-electron chi connectivity index (χ0n) is 11.8. The predicted octanol–water partition coefficient (Wildman–Crippen LogP) is 2.83. The maximum atomic E-state index is 12.4. The lowest BCUT2D eigenvalue weighted by Gasteiger charge is -2.17. The van der Waals surface area contributed by atoms with Gasteiger partial charge in [0, 0.05) is 37.0 Å². The molecule has 0 saturated carbocycles. The van der Waals surface area contributed by atoms with Crippen molar-refractivity contribution >= 4 is 11.6 Å². The van der Waals surface area contributed by atoms with E-state index in [1.165, 1.54) is 5.56 Å². The highest BCUT2D eigenvalue weighted by atomic mass is 16.3. The first-order chi connectivity index (χ1) is 9.65. The topological polar surface area (TPSA) is 45.5 Å². The third-order valence-electron chi connectivity index (χ3n) is 3.79. The second-order valence-electron chi connectivity index (χ2n) is 5.21. The van der Waals surface area contributed by atoms with Crippen LogP contribution in [0.3, 0.4) is 0 Å². The molecule has 0 saturated heterocycles. The van der Waals surface area contributed by atoms with E-state index in [9.17, 15) is 4.79 Å². The van der Waals surface area contributed by atoms with E-state index < -0.39 is 0 Å². The SMILES string of the molecule is Cc1occc1CN(C)C(=O)c1ccc2c(c1)NCC2. The number of hydrogen-bond donors (Lipinski definition) is 1. The van der Waals surface area contributed by atoms with Gasteiger partial charge in [-0.05, 0) is 37.1 Å². The summed E-state index contributed by atoms with van der Waals surface area (Å²) in [5.41, 5.74) is 4.14. The Bertz CT molecular complexity index is 646. The fourth-order valence-electron chi connectivity index (χ4n) is 2.55. The lowest BCUT2D eigenvalue weighted by molar-refractivity contribution is 0.0784. The van der Waals surface area contributed by atoms with Gasteiger partial charge in [-0.2, -0.15) is 0 Å². The maximum absolute atomic E-state index is 12.4. The monoisotopic (exact) mass is 270 g/mol. The van der Waals surface area contributed by atoms with Crippen molar-refractivity contribution in [3.8, 4) is 0 Å². The van der Waals surface area contributed by atoms with Crippen LogP contribution in [0.15, 0.2) is 34.9 Å². The Balaban J connectivity index is 1.76. The number of nitrogens with zero attached hydrogens (tertiary/aromatic N) is 1. The van der Waals surface area contributed by atoms with Gasteiger partial charge in [-0.25, -0.2) is 0 Å². The normalized spacial score (nSPS) is 12.9. The van der Waals surface area contributed by atoms with Gasteiger partial charge in [0.1, 0.15) is 5.76 Å². The number of rotatable bonds is 3. The van der Waals surface area contributed by atoms with Gasteiger partial charge in [-0.1, -0.05) is 6.07 Å². The number of hydrogen-bond acceptors (Lipinski definition) is 3. The van der Waals surface area contributed by atoms with Crippen LogP contribution in [0.1, 0.15) is 27.2 Å². The molecule has 4 nitrogen and oxygen atoms in total. The van der Waals surface area contributed by atoms with Gasteiger partial charge in [-0.15, -0.1) is 0 Å². The van der Waals surface area contributed by atoms with Gasteiger partial charge in [0.05, 0.1) is 6.26 Å². The first-order valence-corrected chi connectivity index (χ1v) is 6.80. The van der Waals surface area contributed by atoms with E-state index in [0.717, 1.165) is 35.5 Å². The summed E-state index contributed by atoms with van der Waals surface area (Å²) in [5.74, 6) is 0.891. The summed E-state index contributed by atoms with van der Waals surface area (Å²) in [6.45, 7) is 3.43. The molecule has 20 heavy (non-hydrogen) atoms. The highest BCUT2D eigenvalue weighted by molar-refractivity contribution is 5.95. The molecule has 1 N–H and O–H groups in total. The van der Waals surface area contributed by atoms with Crippen molar-refractivity contribution in [1.82, 2.24) is 4.90 Å². The van der Waals surface area contributed by atoms with Crippen LogP contribution < -0.4 is 5.32 Å². The van der Waals surface area contributed by atoms with Gasteiger partial charge in [0.2, 0.25) is 0 Å². The molecule has 0 bridgehead atoms. The second-order valence-corrected chi connectivity index (χ2v) is 5.21. The third-order valence-corrected chi connectivity index (χ3v) is 3.79. The molecule has 104 valence electrons. The van der Waals surface area contributed by atoms with Crippen LogP contribution in [0, 0.1) is 6.92 Å². The lowest BCUT2D eigenvalue weighted by Crippen LogP contribution is -2.26. The molecule has 2 heterocycles. The molecule has 3 rings (SSSR count). The average molecular weight is 270 g/mol. The molecule has 4 heteroatoms. The molecular weight excluding hydrogens is 252 g/mol. The summed E-state index contributed by atoms with van der Waals surface area (Å²) >= 11 is 0. The molecule has 1 aliphatic heterocycles. The Morgan fingerprint density at radius 1 is 1.40 bits per heavy atom. The third kappa shape index (κ3) is 2.29. The highest BCUT2D eigenvalue weighted by Crippen LogP contribution is 2.24. The van der Waals surface area contributed by atoms with E-state index in [2.05, 4.69) is 5.32 Å². The van der Waals surface area contributed by atoms with Crippen molar-refractivity contribution in [1.29, 1.82) is 0 Å². The first kappa shape index (κ1) is 12.8. The van der Waals surface area contributed by atoms with E-state index >= 15 is 0 Å².